The van der Waals surface area contributed by atoms with Gasteiger partial charge in [0.2, 0.25) is 11.3 Å². The molecule has 5 rings (SSSR count). The minimum atomic E-state index is -0.897. The molecule has 2 aromatic heterocycles. The molecule has 1 aliphatic heterocycles. The molecule has 9 heteroatoms. The van der Waals surface area contributed by atoms with Crippen molar-refractivity contribution in [3.05, 3.63) is 111 Å². The maximum atomic E-state index is 15.5. The number of fused-ring (bicyclic) bond motifs is 1. The fourth-order valence-electron chi connectivity index (χ4n) is 5.34. The Morgan fingerprint density at radius 3 is 2.13 bits per heavy atom. The molecule has 0 bridgehead atoms. The molecule has 0 amide bonds. The average molecular weight is 518 g/mol. The Bertz CT molecular complexity index is 1530. The van der Waals surface area contributed by atoms with Crippen molar-refractivity contribution in [2.24, 2.45) is 7.05 Å². The second kappa shape index (κ2) is 10.3. The highest BCUT2D eigenvalue weighted by molar-refractivity contribution is 5.90. The van der Waals surface area contributed by atoms with Crippen LogP contribution in [0.1, 0.15) is 30.5 Å². The van der Waals surface area contributed by atoms with Crippen molar-refractivity contribution in [3.63, 3.8) is 0 Å². The first-order chi connectivity index (χ1) is 18.3. The summed E-state index contributed by atoms with van der Waals surface area (Å²) in [6.45, 7) is 10.7. The Labute approximate surface area is 218 Å². The molecule has 1 fully saturated rings. The lowest BCUT2D eigenvalue weighted by atomic mass is 9.93. The summed E-state index contributed by atoms with van der Waals surface area (Å²) in [7, 11) is 1.49. The SMILES string of the molecule is [C-]#[N+]c1ccc2c(n1)c(N1CCN(C(c3ccc(F)cc3)c3ccc(F)cc3)[C@H](CC)C1)c(F)c(=O)n2C. The van der Waals surface area contributed by atoms with Gasteiger partial charge in [-0.25, -0.2) is 8.78 Å². The Hall–Kier alpha value is -4.16. The smallest absolute Gasteiger partial charge is 0.289 e. The quantitative estimate of drug-likeness (QED) is 0.324. The third-order valence-corrected chi connectivity index (χ3v) is 7.28. The van der Waals surface area contributed by atoms with Gasteiger partial charge in [0.25, 0.3) is 11.4 Å². The van der Waals surface area contributed by atoms with Crippen LogP contribution < -0.4 is 10.5 Å². The number of hydrogen-bond acceptors (Lipinski definition) is 4. The summed E-state index contributed by atoms with van der Waals surface area (Å²) in [5.74, 6) is -1.47. The van der Waals surface area contributed by atoms with Crippen LogP contribution in [-0.4, -0.2) is 40.1 Å². The van der Waals surface area contributed by atoms with Gasteiger partial charge in [0, 0.05) is 32.7 Å². The van der Waals surface area contributed by atoms with Gasteiger partial charge < -0.3 is 14.3 Å². The fourth-order valence-corrected chi connectivity index (χ4v) is 5.34. The van der Waals surface area contributed by atoms with E-state index in [2.05, 4.69) is 14.7 Å². The highest BCUT2D eigenvalue weighted by atomic mass is 19.1. The molecule has 0 N–H and O–H groups in total. The van der Waals surface area contributed by atoms with E-state index in [1.807, 2.05) is 11.8 Å². The van der Waals surface area contributed by atoms with Gasteiger partial charge in [-0.15, -0.1) is 4.98 Å². The summed E-state index contributed by atoms with van der Waals surface area (Å²) in [5.41, 5.74) is 1.79. The van der Waals surface area contributed by atoms with Crippen molar-refractivity contribution >= 4 is 22.5 Å². The zero-order valence-corrected chi connectivity index (χ0v) is 21.0. The van der Waals surface area contributed by atoms with Crippen molar-refractivity contribution < 1.29 is 13.2 Å². The van der Waals surface area contributed by atoms with Crippen LogP contribution in [0.15, 0.2) is 65.5 Å². The summed E-state index contributed by atoms with van der Waals surface area (Å²) in [5, 5.41) is 0. The number of pyridine rings is 2. The maximum absolute atomic E-state index is 15.5. The van der Waals surface area contributed by atoms with Crippen LogP contribution in [0.5, 0.6) is 0 Å². The van der Waals surface area contributed by atoms with Gasteiger partial charge in [0.05, 0.1) is 11.6 Å². The Balaban J connectivity index is 1.57. The summed E-state index contributed by atoms with van der Waals surface area (Å²) in [6.07, 6.45) is 0.709. The zero-order chi connectivity index (χ0) is 27.0. The summed E-state index contributed by atoms with van der Waals surface area (Å²) >= 11 is 0. The topological polar surface area (TPSA) is 45.7 Å². The first-order valence-electron chi connectivity index (χ1n) is 12.4. The van der Waals surface area contributed by atoms with Crippen LogP contribution in [0.4, 0.5) is 24.7 Å². The molecule has 0 radical (unpaired) electrons. The molecule has 0 unspecified atom stereocenters. The van der Waals surface area contributed by atoms with Crippen LogP contribution in [0, 0.1) is 24.0 Å². The second-order valence-corrected chi connectivity index (χ2v) is 9.43. The lowest BCUT2D eigenvalue weighted by Crippen LogP contribution is -2.54. The fraction of sp³-hybridized carbons (Fsp3) is 0.276. The van der Waals surface area contributed by atoms with E-state index in [0.717, 1.165) is 11.1 Å². The monoisotopic (exact) mass is 517 g/mol. The normalized spacial score (nSPS) is 16.2. The van der Waals surface area contributed by atoms with Crippen LogP contribution >= 0.6 is 0 Å². The van der Waals surface area contributed by atoms with Crippen LogP contribution in [0.25, 0.3) is 15.9 Å². The summed E-state index contributed by atoms with van der Waals surface area (Å²) in [6, 6.07) is 15.3. The van der Waals surface area contributed by atoms with Crippen molar-refractivity contribution in [2.45, 2.75) is 25.4 Å². The molecule has 4 aromatic rings. The molecule has 38 heavy (non-hydrogen) atoms. The van der Waals surface area contributed by atoms with Crippen LogP contribution in [0.2, 0.25) is 0 Å². The van der Waals surface area contributed by atoms with Crippen molar-refractivity contribution in [3.8, 4) is 0 Å². The third kappa shape index (κ3) is 4.52. The zero-order valence-electron chi connectivity index (χ0n) is 21.0. The number of anilines is 1. The number of piperazine rings is 1. The first kappa shape index (κ1) is 25.5. The number of aryl methyl sites for hydroxylation is 1. The third-order valence-electron chi connectivity index (χ3n) is 7.28. The van der Waals surface area contributed by atoms with Crippen molar-refractivity contribution in [1.29, 1.82) is 0 Å². The van der Waals surface area contributed by atoms with E-state index >= 15 is 4.39 Å². The van der Waals surface area contributed by atoms with E-state index in [-0.39, 0.29) is 40.7 Å². The van der Waals surface area contributed by atoms with E-state index in [9.17, 15) is 13.6 Å². The molecular weight excluding hydrogens is 491 g/mol. The molecule has 1 saturated heterocycles. The van der Waals surface area contributed by atoms with Gasteiger partial charge in [-0.05, 0) is 53.9 Å². The van der Waals surface area contributed by atoms with E-state index in [1.165, 1.54) is 41.9 Å². The minimum absolute atomic E-state index is 0.0774. The molecule has 0 saturated carbocycles. The molecule has 2 aromatic carbocycles. The molecule has 6 nitrogen and oxygen atoms in total. The standard InChI is InChI=1S/C29H26F3N5O/c1-4-22-17-36(28-25(32)29(38)35(3)23-13-14-24(33-2)34-26(23)28)15-16-37(22)27(18-5-9-20(30)10-6-18)19-7-11-21(31)12-8-19/h5-14,22,27H,4,15-17H2,1,3H3/t22-/m1/s1. The summed E-state index contributed by atoms with van der Waals surface area (Å²) < 4.78 is 44.2. The second-order valence-electron chi connectivity index (χ2n) is 9.43. The molecule has 3 heterocycles. The van der Waals surface area contributed by atoms with Gasteiger partial charge in [-0.3, -0.25) is 9.69 Å². The number of benzene rings is 2. The highest BCUT2D eigenvalue weighted by Crippen LogP contribution is 2.36. The Morgan fingerprint density at radius 2 is 1.58 bits per heavy atom. The number of nitrogens with zero attached hydrogens (tertiary/aromatic N) is 5. The van der Waals surface area contributed by atoms with Gasteiger partial charge in [-0.1, -0.05) is 37.8 Å². The molecule has 0 spiro atoms. The Kier molecular flexibility index (Phi) is 6.91. The van der Waals surface area contributed by atoms with Crippen molar-refractivity contribution in [2.75, 3.05) is 24.5 Å². The molecule has 194 valence electrons. The van der Waals surface area contributed by atoms with Gasteiger partial charge in [0.1, 0.15) is 17.3 Å². The van der Waals surface area contributed by atoms with Gasteiger partial charge >= 0.3 is 0 Å². The first-order valence-corrected chi connectivity index (χ1v) is 12.4. The van der Waals surface area contributed by atoms with Crippen LogP contribution in [0.3, 0.4) is 0 Å². The number of hydrogen-bond donors (Lipinski definition) is 0. The number of halogens is 3. The molecule has 1 atom stereocenters. The summed E-state index contributed by atoms with van der Waals surface area (Å²) in [4.78, 5) is 24.6. The van der Waals surface area contributed by atoms with Crippen LogP contribution in [-0.2, 0) is 7.05 Å². The largest absolute Gasteiger partial charge is 0.363 e. The molecular formula is C29H26F3N5O. The van der Waals surface area contributed by atoms with E-state index in [4.69, 9.17) is 6.57 Å². The maximum Gasteiger partial charge on any atom is 0.289 e. The number of rotatable bonds is 5. The predicted molar refractivity (Wildman–Crippen MR) is 141 cm³/mol. The van der Waals surface area contributed by atoms with E-state index in [0.29, 0.717) is 31.6 Å². The highest BCUT2D eigenvalue weighted by Gasteiger charge is 2.35. The Morgan fingerprint density at radius 1 is 0.974 bits per heavy atom. The van der Waals surface area contributed by atoms with Gasteiger partial charge in [0.15, 0.2) is 0 Å². The molecule has 1 aliphatic rings. The van der Waals surface area contributed by atoms with E-state index < -0.39 is 11.4 Å². The predicted octanol–water partition coefficient (Wildman–Crippen LogP) is 5.59. The minimum Gasteiger partial charge on any atom is -0.363 e. The average Bonchev–Trinajstić information content (AvgIpc) is 2.94. The van der Waals surface area contributed by atoms with Gasteiger partial charge in [-0.2, -0.15) is 4.39 Å². The number of aromatic nitrogens is 2. The van der Waals surface area contributed by atoms with Crippen molar-refractivity contribution in [1.82, 2.24) is 14.5 Å². The lowest BCUT2D eigenvalue weighted by molar-refractivity contribution is 0.134. The lowest BCUT2D eigenvalue weighted by Gasteiger charge is -2.46. The van der Waals surface area contributed by atoms with E-state index in [1.54, 1.807) is 30.3 Å². The molecule has 0 aliphatic carbocycles.